The van der Waals surface area contributed by atoms with E-state index in [-0.39, 0.29) is 24.7 Å². The summed E-state index contributed by atoms with van der Waals surface area (Å²) in [5.74, 6) is 0.688. The molecule has 0 spiro atoms. The molecular weight excluding hydrogens is 546 g/mol. The van der Waals surface area contributed by atoms with E-state index in [9.17, 15) is 15.1 Å². The first-order valence-corrected chi connectivity index (χ1v) is 14.3. The quantitative estimate of drug-likeness (QED) is 0.170. The summed E-state index contributed by atoms with van der Waals surface area (Å²) in [6, 6.07) is 26.8. The molecule has 1 aromatic heterocycles. The Labute approximate surface area is 248 Å². The van der Waals surface area contributed by atoms with Crippen molar-refractivity contribution in [1.82, 2.24) is 9.13 Å². The predicted molar refractivity (Wildman–Crippen MR) is 165 cm³/mol. The lowest BCUT2D eigenvalue weighted by Gasteiger charge is -2.38. The molecule has 0 radical (unpaired) electrons. The Morgan fingerprint density at radius 1 is 0.930 bits per heavy atom. The van der Waals surface area contributed by atoms with E-state index in [1.165, 1.54) is 9.13 Å². The molecule has 6 rings (SSSR count). The average Bonchev–Trinajstić information content (AvgIpc) is 3.67. The molecule has 220 valence electrons. The van der Waals surface area contributed by atoms with Gasteiger partial charge in [0.2, 0.25) is 0 Å². The van der Waals surface area contributed by atoms with Gasteiger partial charge in [0.05, 0.1) is 19.7 Å². The van der Waals surface area contributed by atoms with Gasteiger partial charge in [0, 0.05) is 47.6 Å². The molecule has 0 amide bonds. The van der Waals surface area contributed by atoms with Crippen LogP contribution in [0.15, 0.2) is 106 Å². The summed E-state index contributed by atoms with van der Waals surface area (Å²) in [7, 11) is 1.58. The molecule has 43 heavy (non-hydrogen) atoms. The molecule has 2 saturated heterocycles. The van der Waals surface area contributed by atoms with E-state index in [0.29, 0.717) is 11.3 Å². The summed E-state index contributed by atoms with van der Waals surface area (Å²) in [5, 5.41) is 4.16. The number of anilines is 2. The zero-order valence-electron chi connectivity index (χ0n) is 24.1. The molecule has 0 unspecified atom stereocenters. The van der Waals surface area contributed by atoms with Gasteiger partial charge in [0.1, 0.15) is 24.2 Å². The SMILES string of the molecule is COc1ccc(Cn2c(=O)c(C)cn([C@H]3C[C@H](N=[N+]=[N-])[C@@H](C4N(c5ccccc5)CCN4c4ccccc4)O3)c2=O)cc1. The summed E-state index contributed by atoms with van der Waals surface area (Å²) in [4.78, 5) is 34.6. The van der Waals surface area contributed by atoms with E-state index in [1.807, 2.05) is 48.5 Å². The summed E-state index contributed by atoms with van der Waals surface area (Å²) < 4.78 is 14.6. The first-order valence-electron chi connectivity index (χ1n) is 14.3. The molecule has 0 saturated carbocycles. The fourth-order valence-corrected chi connectivity index (χ4v) is 6.12. The van der Waals surface area contributed by atoms with Gasteiger partial charge in [-0.2, -0.15) is 0 Å². The number of aryl methyl sites for hydroxylation is 1. The molecule has 11 heteroatoms. The molecule has 4 aromatic rings. The maximum absolute atomic E-state index is 13.8. The van der Waals surface area contributed by atoms with E-state index in [4.69, 9.17) is 9.47 Å². The van der Waals surface area contributed by atoms with Crippen LogP contribution in [0.2, 0.25) is 0 Å². The minimum Gasteiger partial charge on any atom is -0.497 e. The number of nitrogens with zero attached hydrogens (tertiary/aromatic N) is 7. The number of hydrogen-bond acceptors (Lipinski definition) is 7. The first kappa shape index (κ1) is 28.1. The normalized spacial score (nSPS) is 20.3. The van der Waals surface area contributed by atoms with Crippen molar-refractivity contribution in [2.24, 2.45) is 5.11 Å². The van der Waals surface area contributed by atoms with Gasteiger partial charge in [-0.3, -0.25) is 13.9 Å². The highest BCUT2D eigenvalue weighted by Gasteiger charge is 2.48. The highest BCUT2D eigenvalue weighted by atomic mass is 16.5. The van der Waals surface area contributed by atoms with Crippen LogP contribution in [0.3, 0.4) is 0 Å². The summed E-state index contributed by atoms with van der Waals surface area (Å²) in [5.41, 5.74) is 12.0. The molecule has 0 bridgehead atoms. The standard InChI is InChI=1S/C32H33N7O4/c1-22-20-38(32(41)39(31(22)40)21-23-13-15-26(42-2)16-14-23)28-19-27(34-35-33)29(43-28)30-36(24-9-5-3-6-10-24)17-18-37(30)25-11-7-4-8-12-25/h3-16,20,27-30H,17-19,21H2,1-2H3/t27-,28+,29-/m0/s1. The van der Waals surface area contributed by atoms with E-state index in [0.717, 1.165) is 30.0 Å². The van der Waals surface area contributed by atoms with Crippen LogP contribution in [0, 0.1) is 6.92 Å². The van der Waals surface area contributed by atoms with Gasteiger partial charge in [0.25, 0.3) is 5.56 Å². The van der Waals surface area contributed by atoms with Crippen molar-refractivity contribution in [3.05, 3.63) is 134 Å². The Bertz CT molecular complexity index is 1690. The van der Waals surface area contributed by atoms with Crippen molar-refractivity contribution >= 4 is 11.4 Å². The Balaban J connectivity index is 1.38. The molecule has 2 fully saturated rings. The number of hydrogen-bond donors (Lipinski definition) is 0. The summed E-state index contributed by atoms with van der Waals surface area (Å²) >= 11 is 0. The number of para-hydroxylation sites is 2. The van der Waals surface area contributed by atoms with Crippen LogP contribution in [0.25, 0.3) is 10.4 Å². The monoisotopic (exact) mass is 579 g/mol. The summed E-state index contributed by atoms with van der Waals surface area (Å²) in [6.45, 7) is 3.27. The minimum atomic E-state index is -0.731. The van der Waals surface area contributed by atoms with Crippen molar-refractivity contribution in [2.45, 2.75) is 44.4 Å². The zero-order chi connectivity index (χ0) is 29.9. The highest BCUT2D eigenvalue weighted by molar-refractivity contribution is 5.57. The highest BCUT2D eigenvalue weighted by Crippen LogP contribution is 2.39. The molecule has 3 atom stereocenters. The largest absolute Gasteiger partial charge is 0.497 e. The van der Waals surface area contributed by atoms with Gasteiger partial charge in [-0.25, -0.2) is 4.79 Å². The van der Waals surface area contributed by atoms with Gasteiger partial charge >= 0.3 is 5.69 Å². The van der Waals surface area contributed by atoms with Crippen molar-refractivity contribution in [3.8, 4) is 5.75 Å². The molecule has 11 nitrogen and oxygen atoms in total. The van der Waals surface area contributed by atoms with E-state index >= 15 is 0 Å². The average molecular weight is 580 g/mol. The van der Waals surface area contributed by atoms with Crippen molar-refractivity contribution in [2.75, 3.05) is 30.0 Å². The van der Waals surface area contributed by atoms with Crippen LogP contribution < -0.4 is 25.8 Å². The Hall–Kier alpha value is -4.99. The number of azide groups is 1. The van der Waals surface area contributed by atoms with Gasteiger partial charge in [-0.15, -0.1) is 0 Å². The van der Waals surface area contributed by atoms with E-state index in [1.54, 1.807) is 32.4 Å². The summed E-state index contributed by atoms with van der Waals surface area (Å²) in [6.07, 6.45) is 0.250. The Morgan fingerprint density at radius 2 is 1.53 bits per heavy atom. The minimum absolute atomic E-state index is 0.103. The number of ether oxygens (including phenoxy) is 2. The topological polar surface area (TPSA) is 118 Å². The maximum Gasteiger partial charge on any atom is 0.333 e. The lowest BCUT2D eigenvalue weighted by molar-refractivity contribution is -0.0136. The lowest BCUT2D eigenvalue weighted by atomic mass is 10.1. The molecule has 3 heterocycles. The molecule has 2 aliphatic heterocycles. The number of rotatable bonds is 8. The van der Waals surface area contributed by atoms with Crippen LogP contribution in [0.5, 0.6) is 5.75 Å². The van der Waals surface area contributed by atoms with Crippen LogP contribution in [-0.4, -0.2) is 47.6 Å². The molecule has 0 N–H and O–H groups in total. The second-order valence-electron chi connectivity index (χ2n) is 10.8. The van der Waals surface area contributed by atoms with E-state index < -0.39 is 24.1 Å². The third-order valence-electron chi connectivity index (χ3n) is 8.20. The molecular formula is C32H33N7O4. The maximum atomic E-state index is 13.8. The van der Waals surface area contributed by atoms with Gasteiger partial charge in [-0.05, 0) is 54.4 Å². The first-order chi connectivity index (χ1) is 21.0. The van der Waals surface area contributed by atoms with Crippen LogP contribution in [0.4, 0.5) is 11.4 Å². The molecule has 0 aliphatic carbocycles. The van der Waals surface area contributed by atoms with Crippen molar-refractivity contribution in [3.63, 3.8) is 0 Å². The predicted octanol–water partition coefficient (Wildman–Crippen LogP) is 4.69. The third-order valence-corrected chi connectivity index (χ3v) is 8.20. The number of aromatic nitrogens is 2. The van der Waals surface area contributed by atoms with E-state index in [2.05, 4.69) is 44.1 Å². The fraction of sp³-hybridized carbons (Fsp3) is 0.312. The Morgan fingerprint density at radius 3 is 2.09 bits per heavy atom. The number of benzene rings is 3. The van der Waals surface area contributed by atoms with Crippen molar-refractivity contribution in [1.29, 1.82) is 0 Å². The number of methoxy groups -OCH3 is 1. The fourth-order valence-electron chi connectivity index (χ4n) is 6.12. The van der Waals surface area contributed by atoms with Crippen LogP contribution in [-0.2, 0) is 11.3 Å². The smallest absolute Gasteiger partial charge is 0.333 e. The second kappa shape index (κ2) is 12.1. The Kier molecular flexibility index (Phi) is 7.91. The molecule has 2 aliphatic rings. The van der Waals surface area contributed by atoms with Crippen LogP contribution in [0.1, 0.15) is 23.8 Å². The van der Waals surface area contributed by atoms with Gasteiger partial charge < -0.3 is 19.3 Å². The zero-order valence-corrected chi connectivity index (χ0v) is 24.1. The van der Waals surface area contributed by atoms with Gasteiger partial charge in [0.15, 0.2) is 0 Å². The van der Waals surface area contributed by atoms with Gasteiger partial charge in [-0.1, -0.05) is 53.6 Å². The van der Waals surface area contributed by atoms with Crippen molar-refractivity contribution < 1.29 is 9.47 Å². The third kappa shape index (κ3) is 5.48. The lowest BCUT2D eigenvalue weighted by Crippen LogP contribution is -2.51. The molecule has 3 aromatic carbocycles. The second-order valence-corrected chi connectivity index (χ2v) is 10.8. The van der Waals surface area contributed by atoms with Crippen LogP contribution >= 0.6 is 0 Å².